The molecule has 1 aliphatic heterocycles. The molecule has 1 N–H and O–H groups in total. The summed E-state index contributed by atoms with van der Waals surface area (Å²) in [5.41, 5.74) is -0.0738. The van der Waals surface area contributed by atoms with E-state index >= 15 is 0 Å². The number of β-amino-alcohol motifs (C(OH)–C–C–N with tert-alkyl or cyclic N) is 1. The number of hydrogen-bond acceptors (Lipinski definition) is 4. The van der Waals surface area contributed by atoms with Crippen molar-refractivity contribution in [1.29, 1.82) is 0 Å². The predicted octanol–water partition coefficient (Wildman–Crippen LogP) is 1.85. The predicted molar refractivity (Wildman–Crippen MR) is 69.3 cm³/mol. The van der Waals surface area contributed by atoms with Gasteiger partial charge in [0.05, 0.1) is 11.0 Å². The zero-order valence-corrected chi connectivity index (χ0v) is 10.8. The third-order valence-corrected chi connectivity index (χ3v) is 3.39. The number of benzene rings is 1. The second-order valence-electron chi connectivity index (χ2n) is 4.47. The summed E-state index contributed by atoms with van der Waals surface area (Å²) >= 11 is 5.70. The maximum atomic E-state index is 12.2. The Bertz CT molecular complexity index is 520. The highest BCUT2D eigenvalue weighted by Gasteiger charge is 2.24. The van der Waals surface area contributed by atoms with Gasteiger partial charge in [-0.05, 0) is 25.0 Å². The molecule has 1 fully saturated rings. The van der Waals surface area contributed by atoms with Crippen LogP contribution in [0.3, 0.4) is 0 Å². The van der Waals surface area contributed by atoms with Gasteiger partial charge in [-0.3, -0.25) is 14.9 Å². The number of rotatable bonds is 2. The SMILES string of the molecule is O=C(c1ccc(Cl)c([N+](=O)[O-])c1)N1CCCC(O)C1. The number of hydrogen-bond donors (Lipinski definition) is 1. The molecule has 1 atom stereocenters. The van der Waals surface area contributed by atoms with Crippen LogP contribution in [0.5, 0.6) is 0 Å². The summed E-state index contributed by atoms with van der Waals surface area (Å²) in [6, 6.07) is 3.97. The van der Waals surface area contributed by atoms with Gasteiger partial charge in [-0.2, -0.15) is 0 Å². The molecule has 1 aromatic rings. The van der Waals surface area contributed by atoms with Gasteiger partial charge in [-0.15, -0.1) is 0 Å². The van der Waals surface area contributed by atoms with Crippen LogP contribution >= 0.6 is 11.6 Å². The summed E-state index contributed by atoms with van der Waals surface area (Å²) < 4.78 is 0. The van der Waals surface area contributed by atoms with Crippen molar-refractivity contribution in [3.63, 3.8) is 0 Å². The molecule has 2 rings (SSSR count). The van der Waals surface area contributed by atoms with Gasteiger partial charge in [0.1, 0.15) is 5.02 Å². The molecular weight excluding hydrogens is 272 g/mol. The van der Waals surface area contributed by atoms with Gasteiger partial charge < -0.3 is 10.0 Å². The van der Waals surface area contributed by atoms with Gasteiger partial charge in [0.2, 0.25) is 0 Å². The maximum Gasteiger partial charge on any atom is 0.288 e. The first kappa shape index (κ1) is 13.8. The summed E-state index contributed by atoms with van der Waals surface area (Å²) in [4.78, 5) is 23.8. The van der Waals surface area contributed by atoms with E-state index in [9.17, 15) is 20.0 Å². The zero-order chi connectivity index (χ0) is 14.0. The summed E-state index contributed by atoms with van der Waals surface area (Å²) in [6.07, 6.45) is 0.868. The van der Waals surface area contributed by atoms with Crippen LogP contribution in [0.15, 0.2) is 18.2 Å². The number of piperidine rings is 1. The molecule has 0 saturated carbocycles. The summed E-state index contributed by atoms with van der Waals surface area (Å²) in [6.45, 7) is 0.807. The fourth-order valence-electron chi connectivity index (χ4n) is 2.11. The molecule has 6 nitrogen and oxygen atoms in total. The van der Waals surface area contributed by atoms with Crippen LogP contribution in [0.25, 0.3) is 0 Å². The molecule has 1 aromatic carbocycles. The molecule has 0 spiro atoms. The van der Waals surface area contributed by atoms with Crippen molar-refractivity contribution >= 4 is 23.2 Å². The van der Waals surface area contributed by atoms with Crippen molar-refractivity contribution in [3.8, 4) is 0 Å². The third kappa shape index (κ3) is 3.02. The summed E-state index contributed by atoms with van der Waals surface area (Å²) in [5, 5.41) is 20.3. The van der Waals surface area contributed by atoms with Crippen LogP contribution in [0, 0.1) is 10.1 Å². The number of aliphatic hydroxyl groups excluding tert-OH is 1. The second kappa shape index (κ2) is 5.54. The highest BCUT2D eigenvalue weighted by Crippen LogP contribution is 2.26. The Morgan fingerprint density at radius 2 is 2.26 bits per heavy atom. The van der Waals surface area contributed by atoms with Gasteiger partial charge >= 0.3 is 0 Å². The molecule has 1 saturated heterocycles. The number of carbonyl (C=O) groups excluding carboxylic acids is 1. The van der Waals surface area contributed by atoms with E-state index in [4.69, 9.17) is 11.6 Å². The molecule has 0 aromatic heterocycles. The molecule has 0 bridgehead atoms. The van der Waals surface area contributed by atoms with E-state index < -0.39 is 11.0 Å². The van der Waals surface area contributed by atoms with Crippen LogP contribution in [-0.4, -0.2) is 40.0 Å². The van der Waals surface area contributed by atoms with Gasteiger partial charge in [0, 0.05) is 24.7 Å². The number of nitrogens with zero attached hydrogens (tertiary/aromatic N) is 2. The Balaban J connectivity index is 2.24. The second-order valence-corrected chi connectivity index (χ2v) is 4.88. The molecule has 1 heterocycles. The zero-order valence-electron chi connectivity index (χ0n) is 10.1. The molecule has 1 aliphatic rings. The van der Waals surface area contributed by atoms with Gasteiger partial charge in [0.25, 0.3) is 11.6 Å². The molecule has 0 radical (unpaired) electrons. The minimum absolute atomic E-state index is 0.000212. The van der Waals surface area contributed by atoms with Crippen LogP contribution in [0.1, 0.15) is 23.2 Å². The number of amides is 1. The first-order valence-electron chi connectivity index (χ1n) is 5.90. The van der Waals surface area contributed by atoms with Gasteiger partial charge in [0.15, 0.2) is 0 Å². The Morgan fingerprint density at radius 3 is 2.89 bits per heavy atom. The normalized spacial score (nSPS) is 19.3. The number of nitro groups is 1. The van der Waals surface area contributed by atoms with Crippen molar-refractivity contribution in [2.45, 2.75) is 18.9 Å². The lowest BCUT2D eigenvalue weighted by molar-refractivity contribution is -0.384. The lowest BCUT2D eigenvalue weighted by atomic mass is 10.1. The number of likely N-dealkylation sites (tertiary alicyclic amines) is 1. The standard InChI is InChI=1S/C12H13ClN2O4/c13-10-4-3-8(6-11(10)15(18)19)12(17)14-5-1-2-9(16)7-14/h3-4,6,9,16H,1-2,5,7H2. The minimum Gasteiger partial charge on any atom is -0.391 e. The monoisotopic (exact) mass is 284 g/mol. The smallest absolute Gasteiger partial charge is 0.288 e. The quantitative estimate of drug-likeness (QED) is 0.663. The average Bonchev–Trinajstić information content (AvgIpc) is 2.38. The van der Waals surface area contributed by atoms with Gasteiger partial charge in [-0.25, -0.2) is 0 Å². The molecular formula is C12H13ClN2O4. The molecule has 0 aliphatic carbocycles. The number of halogens is 1. The lowest BCUT2D eigenvalue weighted by Crippen LogP contribution is -2.42. The fraction of sp³-hybridized carbons (Fsp3) is 0.417. The number of aliphatic hydroxyl groups is 1. The van der Waals surface area contributed by atoms with E-state index in [1.807, 2.05) is 0 Å². The van der Waals surface area contributed by atoms with Crippen molar-refractivity contribution in [2.24, 2.45) is 0 Å². The molecule has 7 heteroatoms. The van der Waals surface area contributed by atoms with Crippen LogP contribution in [0.4, 0.5) is 5.69 Å². The first-order valence-corrected chi connectivity index (χ1v) is 6.28. The van der Waals surface area contributed by atoms with E-state index in [1.54, 1.807) is 0 Å². The van der Waals surface area contributed by atoms with Crippen LogP contribution < -0.4 is 0 Å². The largest absolute Gasteiger partial charge is 0.391 e. The van der Waals surface area contributed by atoms with Crippen LogP contribution in [-0.2, 0) is 0 Å². The summed E-state index contributed by atoms with van der Waals surface area (Å²) in [7, 11) is 0. The Morgan fingerprint density at radius 1 is 1.53 bits per heavy atom. The van der Waals surface area contributed by atoms with Crippen molar-refractivity contribution in [2.75, 3.05) is 13.1 Å². The third-order valence-electron chi connectivity index (χ3n) is 3.07. The molecule has 1 amide bonds. The van der Waals surface area contributed by atoms with Gasteiger partial charge in [-0.1, -0.05) is 11.6 Å². The molecule has 1 unspecified atom stereocenters. The summed E-state index contributed by atoms with van der Waals surface area (Å²) in [5.74, 6) is -0.321. The highest BCUT2D eigenvalue weighted by molar-refractivity contribution is 6.32. The van der Waals surface area contributed by atoms with E-state index in [-0.39, 0.29) is 28.7 Å². The van der Waals surface area contributed by atoms with E-state index in [2.05, 4.69) is 0 Å². The van der Waals surface area contributed by atoms with Crippen molar-refractivity contribution in [1.82, 2.24) is 4.90 Å². The maximum absolute atomic E-state index is 12.2. The van der Waals surface area contributed by atoms with E-state index in [0.717, 1.165) is 6.42 Å². The molecule has 19 heavy (non-hydrogen) atoms. The van der Waals surface area contributed by atoms with E-state index in [1.165, 1.54) is 23.1 Å². The van der Waals surface area contributed by atoms with Crippen molar-refractivity contribution < 1.29 is 14.8 Å². The first-order chi connectivity index (χ1) is 8.99. The minimum atomic E-state index is -0.621. The molecule has 102 valence electrons. The van der Waals surface area contributed by atoms with Crippen molar-refractivity contribution in [3.05, 3.63) is 38.9 Å². The average molecular weight is 285 g/mol. The Hall–Kier alpha value is -1.66. The highest BCUT2D eigenvalue weighted by atomic mass is 35.5. The lowest BCUT2D eigenvalue weighted by Gasteiger charge is -2.30. The topological polar surface area (TPSA) is 83.7 Å². The van der Waals surface area contributed by atoms with E-state index in [0.29, 0.717) is 13.0 Å². The fourth-order valence-corrected chi connectivity index (χ4v) is 2.29. The number of nitro benzene ring substituents is 1. The number of carbonyl (C=O) groups is 1. The Kier molecular flexibility index (Phi) is 4.01. The van der Waals surface area contributed by atoms with Crippen LogP contribution in [0.2, 0.25) is 5.02 Å². The Labute approximate surface area is 114 Å².